The summed E-state index contributed by atoms with van der Waals surface area (Å²) in [6, 6.07) is 14.2. The number of alkyl carbamates (subject to hydrolysis) is 1. The Morgan fingerprint density at radius 1 is 1.03 bits per heavy atom. The molecule has 0 fully saturated rings. The molecule has 0 spiro atoms. The number of ether oxygens (including phenoxy) is 1. The fourth-order valence-electron chi connectivity index (χ4n) is 4.33. The van der Waals surface area contributed by atoms with Crippen molar-refractivity contribution < 1.29 is 24.2 Å². The zero-order chi connectivity index (χ0) is 24.3. The number of carboxylic acids is 1. The number of aliphatic carboxylic acids is 1. The van der Waals surface area contributed by atoms with Gasteiger partial charge in [-0.2, -0.15) is 0 Å². The van der Waals surface area contributed by atoms with Gasteiger partial charge in [0.15, 0.2) is 0 Å². The lowest BCUT2D eigenvalue weighted by Gasteiger charge is -2.35. The molecule has 1 aliphatic rings. The van der Waals surface area contributed by atoms with E-state index in [-0.39, 0.29) is 19.1 Å². The van der Waals surface area contributed by atoms with Crippen LogP contribution in [0, 0.1) is 5.41 Å². The highest BCUT2D eigenvalue weighted by atomic mass is 16.5. The molecule has 1 aliphatic carbocycles. The van der Waals surface area contributed by atoms with Gasteiger partial charge in [0, 0.05) is 12.5 Å². The number of carbonyl (C=O) groups excluding carboxylic acids is 2. The Hall–Kier alpha value is -3.35. The maximum Gasteiger partial charge on any atom is 0.407 e. The highest BCUT2D eigenvalue weighted by Gasteiger charge is 2.38. The molecule has 0 aromatic heterocycles. The van der Waals surface area contributed by atoms with Crippen LogP contribution in [-0.2, 0) is 14.3 Å². The van der Waals surface area contributed by atoms with Crippen LogP contribution >= 0.6 is 0 Å². The van der Waals surface area contributed by atoms with Crippen molar-refractivity contribution in [3.63, 3.8) is 0 Å². The zero-order valence-corrected chi connectivity index (χ0v) is 19.8. The number of benzene rings is 2. The van der Waals surface area contributed by atoms with Crippen molar-refractivity contribution in [3.8, 4) is 11.1 Å². The lowest BCUT2D eigenvalue weighted by molar-refractivity contribution is -0.151. The number of nitrogens with one attached hydrogen (secondary N) is 1. The van der Waals surface area contributed by atoms with E-state index >= 15 is 0 Å². The van der Waals surface area contributed by atoms with E-state index in [1.54, 1.807) is 6.92 Å². The van der Waals surface area contributed by atoms with Crippen LogP contribution in [0.4, 0.5) is 4.79 Å². The smallest absolute Gasteiger partial charge is 0.407 e. The van der Waals surface area contributed by atoms with E-state index in [2.05, 4.69) is 17.4 Å². The minimum absolute atomic E-state index is 0.0916. The molecule has 7 heteroatoms. The number of rotatable bonds is 7. The molecule has 0 bridgehead atoms. The molecule has 0 radical (unpaired) electrons. The predicted octanol–water partition coefficient (Wildman–Crippen LogP) is 4.26. The first-order chi connectivity index (χ1) is 15.6. The number of hydrogen-bond acceptors (Lipinski definition) is 4. The normalized spacial score (nSPS) is 14.6. The van der Waals surface area contributed by atoms with E-state index in [9.17, 15) is 19.5 Å². The molecule has 0 saturated heterocycles. The van der Waals surface area contributed by atoms with Gasteiger partial charge in [-0.25, -0.2) is 9.59 Å². The van der Waals surface area contributed by atoms with Crippen molar-refractivity contribution in [1.82, 2.24) is 10.2 Å². The second kappa shape index (κ2) is 9.65. The number of nitrogens with zero attached hydrogens (tertiary/aromatic N) is 1. The van der Waals surface area contributed by atoms with Gasteiger partial charge in [-0.05, 0) is 41.5 Å². The monoisotopic (exact) mass is 452 g/mol. The van der Waals surface area contributed by atoms with E-state index in [4.69, 9.17) is 4.74 Å². The number of carbonyl (C=O) groups is 3. The summed E-state index contributed by atoms with van der Waals surface area (Å²) in [4.78, 5) is 38.7. The highest BCUT2D eigenvalue weighted by molar-refractivity contribution is 5.90. The molecule has 2 aromatic rings. The summed E-state index contributed by atoms with van der Waals surface area (Å²) in [5, 5.41) is 12.1. The first-order valence-electron chi connectivity index (χ1n) is 11.2. The Balaban J connectivity index is 1.74. The van der Waals surface area contributed by atoms with Gasteiger partial charge in [0.1, 0.15) is 18.7 Å². The Labute approximate surface area is 194 Å². The van der Waals surface area contributed by atoms with Crippen molar-refractivity contribution in [1.29, 1.82) is 0 Å². The Bertz CT molecular complexity index is 997. The summed E-state index contributed by atoms with van der Waals surface area (Å²) in [7, 11) is 0. The molecule has 7 nitrogen and oxygen atoms in total. The molecule has 2 aromatic carbocycles. The van der Waals surface area contributed by atoms with E-state index in [0.717, 1.165) is 22.3 Å². The highest BCUT2D eigenvalue weighted by Crippen LogP contribution is 2.44. The van der Waals surface area contributed by atoms with Gasteiger partial charge in [-0.3, -0.25) is 4.79 Å². The van der Waals surface area contributed by atoms with Crippen LogP contribution in [0.25, 0.3) is 11.1 Å². The van der Waals surface area contributed by atoms with Crippen molar-refractivity contribution in [3.05, 3.63) is 59.7 Å². The van der Waals surface area contributed by atoms with Crippen LogP contribution in [0.5, 0.6) is 0 Å². The van der Waals surface area contributed by atoms with Gasteiger partial charge >= 0.3 is 12.1 Å². The average Bonchev–Trinajstić information content (AvgIpc) is 3.09. The van der Waals surface area contributed by atoms with E-state index in [0.29, 0.717) is 0 Å². The Kier molecular flexibility index (Phi) is 7.10. The lowest BCUT2D eigenvalue weighted by Crippen LogP contribution is -2.57. The van der Waals surface area contributed by atoms with Crippen LogP contribution < -0.4 is 5.32 Å². The van der Waals surface area contributed by atoms with E-state index in [1.165, 1.54) is 11.8 Å². The SMILES string of the molecule is CCN(C(=O)C(NC(=O)OCC1c2ccccc2-c2ccccc21)C(C)(C)C)C(C)C(=O)O. The van der Waals surface area contributed by atoms with Gasteiger partial charge in [0.05, 0.1) is 0 Å². The van der Waals surface area contributed by atoms with Crippen LogP contribution in [-0.4, -0.2) is 53.2 Å². The van der Waals surface area contributed by atoms with Crippen LogP contribution in [0.1, 0.15) is 51.7 Å². The molecular formula is C26H32N2O5. The lowest BCUT2D eigenvalue weighted by atomic mass is 9.85. The molecule has 2 atom stereocenters. The molecule has 3 rings (SSSR count). The third kappa shape index (κ3) is 5.02. The maximum atomic E-state index is 13.2. The standard InChI is InChI=1S/C26H32N2O5/c1-6-28(16(2)24(30)31)23(29)22(26(3,4)5)27-25(32)33-15-21-19-13-9-7-11-17(19)18-12-8-10-14-20(18)21/h7-14,16,21-22H,6,15H2,1-5H3,(H,27,32)(H,30,31). The number of likely N-dealkylation sites (N-methyl/N-ethyl adjacent to an activating group) is 1. The minimum Gasteiger partial charge on any atom is -0.480 e. The van der Waals surface area contributed by atoms with Gasteiger partial charge in [-0.15, -0.1) is 0 Å². The third-order valence-electron chi connectivity index (χ3n) is 6.17. The minimum atomic E-state index is -1.10. The summed E-state index contributed by atoms with van der Waals surface area (Å²) < 4.78 is 5.60. The fourth-order valence-corrected chi connectivity index (χ4v) is 4.33. The van der Waals surface area contributed by atoms with Crippen molar-refractivity contribution in [2.45, 2.75) is 52.6 Å². The number of amides is 2. The molecule has 0 heterocycles. The van der Waals surface area contributed by atoms with Crippen LogP contribution in [0.2, 0.25) is 0 Å². The number of carboxylic acid groups (broad SMARTS) is 1. The average molecular weight is 453 g/mol. The second-order valence-corrected chi connectivity index (χ2v) is 9.41. The number of hydrogen-bond donors (Lipinski definition) is 2. The first-order valence-corrected chi connectivity index (χ1v) is 11.2. The van der Waals surface area contributed by atoms with Gasteiger partial charge in [0.25, 0.3) is 0 Å². The fraction of sp³-hybridized carbons (Fsp3) is 0.423. The summed E-state index contributed by atoms with van der Waals surface area (Å²) in [5.41, 5.74) is 3.82. The van der Waals surface area contributed by atoms with Crippen molar-refractivity contribution >= 4 is 18.0 Å². The molecule has 2 amide bonds. The predicted molar refractivity (Wildman–Crippen MR) is 126 cm³/mol. The molecule has 2 unspecified atom stereocenters. The summed E-state index contributed by atoms with van der Waals surface area (Å²) in [5.74, 6) is -1.64. The van der Waals surface area contributed by atoms with E-state index < -0.39 is 35.5 Å². The largest absolute Gasteiger partial charge is 0.480 e. The zero-order valence-electron chi connectivity index (χ0n) is 19.8. The Morgan fingerprint density at radius 2 is 1.55 bits per heavy atom. The first kappa shape index (κ1) is 24.3. The van der Waals surface area contributed by atoms with Crippen LogP contribution in [0.15, 0.2) is 48.5 Å². The number of fused-ring (bicyclic) bond motifs is 3. The van der Waals surface area contributed by atoms with Crippen molar-refractivity contribution in [2.24, 2.45) is 5.41 Å². The van der Waals surface area contributed by atoms with E-state index in [1.807, 2.05) is 57.2 Å². The quantitative estimate of drug-likeness (QED) is 0.654. The van der Waals surface area contributed by atoms with Gasteiger partial charge in [0.2, 0.25) is 5.91 Å². The summed E-state index contributed by atoms with van der Waals surface area (Å²) in [6.07, 6.45) is -0.704. The topological polar surface area (TPSA) is 95.9 Å². The molecule has 2 N–H and O–H groups in total. The van der Waals surface area contributed by atoms with Crippen molar-refractivity contribution in [2.75, 3.05) is 13.2 Å². The maximum absolute atomic E-state index is 13.2. The summed E-state index contributed by atoms with van der Waals surface area (Å²) in [6.45, 7) is 8.97. The second-order valence-electron chi connectivity index (χ2n) is 9.41. The van der Waals surface area contributed by atoms with Crippen LogP contribution in [0.3, 0.4) is 0 Å². The van der Waals surface area contributed by atoms with Gasteiger partial charge < -0.3 is 20.1 Å². The molecule has 33 heavy (non-hydrogen) atoms. The molecule has 176 valence electrons. The third-order valence-corrected chi connectivity index (χ3v) is 6.17. The summed E-state index contributed by atoms with van der Waals surface area (Å²) >= 11 is 0. The molecule has 0 aliphatic heterocycles. The van der Waals surface area contributed by atoms with Gasteiger partial charge in [-0.1, -0.05) is 69.3 Å². The molecule has 0 saturated carbocycles. The molecular weight excluding hydrogens is 420 g/mol. The Morgan fingerprint density at radius 3 is 2.00 bits per heavy atom.